The molecule has 3 amide bonds. The number of sulfonamides is 1. The molecule has 17 nitrogen and oxygen atoms in total. The molecule has 4 aromatic carbocycles. The van der Waals surface area contributed by atoms with Crippen molar-refractivity contribution in [3.05, 3.63) is 143 Å². The number of nitrogens with one attached hydrogen (secondary N) is 2. The maximum absolute atomic E-state index is 13.7. The summed E-state index contributed by atoms with van der Waals surface area (Å²) in [6, 6.07) is 25.9. The Morgan fingerprint density at radius 3 is 1.97 bits per heavy atom. The first-order chi connectivity index (χ1) is 36.1. The number of nitrogens with zero attached hydrogens (tertiary/aromatic N) is 4. The average Bonchev–Trinajstić information content (AvgIpc) is 3.41. The molecule has 1 aliphatic rings. The van der Waals surface area contributed by atoms with Crippen LogP contribution in [0.1, 0.15) is 74.5 Å². The van der Waals surface area contributed by atoms with E-state index in [2.05, 4.69) is 20.5 Å². The van der Waals surface area contributed by atoms with E-state index in [9.17, 15) is 40.8 Å². The van der Waals surface area contributed by atoms with Crippen LogP contribution in [0.2, 0.25) is 0 Å². The highest BCUT2D eigenvalue weighted by atomic mass is 32.2. The minimum atomic E-state index is -4.51. The number of amides is 3. The van der Waals surface area contributed by atoms with Gasteiger partial charge < -0.3 is 44.5 Å². The van der Waals surface area contributed by atoms with Crippen molar-refractivity contribution in [2.24, 2.45) is 0 Å². The van der Waals surface area contributed by atoms with Gasteiger partial charge in [-0.2, -0.15) is 17.5 Å². The summed E-state index contributed by atoms with van der Waals surface area (Å²) in [4.78, 5) is 59.1. The second-order valence-electron chi connectivity index (χ2n) is 17.3. The number of aromatic nitrogens is 1. The molecule has 1 aromatic heterocycles. The number of aryl methyl sites for hydroxylation is 1. The van der Waals surface area contributed by atoms with Crippen molar-refractivity contribution in [1.29, 1.82) is 0 Å². The van der Waals surface area contributed by atoms with E-state index < -0.39 is 33.6 Å². The maximum atomic E-state index is 13.7. The van der Waals surface area contributed by atoms with E-state index in [1.807, 2.05) is 44.2 Å². The fraction of sp³-hybridized carbons (Fsp3) is 0.389. The normalized spacial score (nSPS) is 13.1. The third-order valence-electron chi connectivity index (χ3n) is 12.2. The molecular weight excluding hydrogens is 998 g/mol. The van der Waals surface area contributed by atoms with E-state index in [0.717, 1.165) is 36.5 Å². The van der Waals surface area contributed by atoms with Crippen molar-refractivity contribution in [2.75, 3.05) is 102 Å². The van der Waals surface area contributed by atoms with E-state index >= 15 is 0 Å². The number of hydrogen-bond acceptors (Lipinski definition) is 12. The lowest BCUT2D eigenvalue weighted by Gasteiger charge is -2.34. The van der Waals surface area contributed by atoms with Crippen LogP contribution in [0.5, 0.6) is 0 Å². The molecule has 0 aliphatic carbocycles. The number of hydrogen-bond donors (Lipinski definition) is 3. The Hall–Kier alpha value is -6.75. The summed E-state index contributed by atoms with van der Waals surface area (Å²) in [5.41, 5.74) is 3.50. The number of pyridine rings is 1. The van der Waals surface area contributed by atoms with E-state index in [1.54, 1.807) is 23.1 Å². The van der Waals surface area contributed by atoms with Gasteiger partial charge in [-0.25, -0.2) is 13.2 Å². The number of carbonyl (C=O) groups is 4. The number of carbonyl (C=O) groups excluding carboxylic acids is 3. The maximum Gasteiger partial charge on any atom is 0.416 e. The summed E-state index contributed by atoms with van der Waals surface area (Å²) in [6.45, 7) is 8.93. The monoisotopic (exact) mass is 1060 g/mol. The molecule has 3 N–H and O–H groups in total. The number of ether oxygens (including phenoxy) is 4. The van der Waals surface area contributed by atoms with Gasteiger partial charge in [-0.3, -0.25) is 19.4 Å². The molecule has 0 bridgehead atoms. The van der Waals surface area contributed by atoms with Gasteiger partial charge in [0.25, 0.3) is 11.8 Å². The van der Waals surface area contributed by atoms with Crippen LogP contribution in [0.3, 0.4) is 0 Å². The van der Waals surface area contributed by atoms with Gasteiger partial charge in [0.2, 0.25) is 15.9 Å². The lowest BCUT2D eigenvalue weighted by atomic mass is 10.0. The van der Waals surface area contributed by atoms with Crippen LogP contribution >= 0.6 is 0 Å². The van der Waals surface area contributed by atoms with Gasteiger partial charge in [0.1, 0.15) is 0 Å². The third kappa shape index (κ3) is 17.1. The molecular formula is C54H63F3N6O11S. The highest BCUT2D eigenvalue weighted by Gasteiger charge is 2.31. The van der Waals surface area contributed by atoms with Gasteiger partial charge in [0.05, 0.1) is 80.1 Å². The molecule has 0 radical (unpaired) electrons. The van der Waals surface area contributed by atoms with E-state index in [-0.39, 0.29) is 73.6 Å². The fourth-order valence-corrected chi connectivity index (χ4v) is 9.54. The van der Waals surface area contributed by atoms with Crippen LogP contribution in [0, 0.1) is 0 Å². The lowest BCUT2D eigenvalue weighted by molar-refractivity contribution is -0.137. The summed E-state index contributed by atoms with van der Waals surface area (Å²) >= 11 is 0. The molecule has 75 heavy (non-hydrogen) atoms. The topological polar surface area (TPSA) is 206 Å². The molecule has 1 fully saturated rings. The Kier molecular flexibility index (Phi) is 21.7. The van der Waals surface area contributed by atoms with Crippen molar-refractivity contribution in [3.63, 3.8) is 0 Å². The van der Waals surface area contributed by atoms with E-state index in [4.69, 9.17) is 24.1 Å². The average molecular weight is 1060 g/mol. The van der Waals surface area contributed by atoms with Crippen LogP contribution in [0.25, 0.3) is 11.3 Å². The van der Waals surface area contributed by atoms with Crippen molar-refractivity contribution >= 4 is 45.1 Å². The van der Waals surface area contributed by atoms with Crippen LogP contribution in [0.4, 0.5) is 24.5 Å². The molecule has 1 saturated heterocycles. The zero-order valence-electron chi connectivity index (χ0n) is 42.0. The van der Waals surface area contributed by atoms with Gasteiger partial charge in [-0.05, 0) is 117 Å². The van der Waals surface area contributed by atoms with Crippen molar-refractivity contribution in [3.8, 4) is 11.3 Å². The minimum Gasteiger partial charge on any atom is -0.478 e. The number of rotatable bonds is 28. The van der Waals surface area contributed by atoms with Crippen molar-refractivity contribution in [2.45, 2.75) is 50.7 Å². The summed E-state index contributed by atoms with van der Waals surface area (Å²) < 4.78 is 89.5. The summed E-state index contributed by atoms with van der Waals surface area (Å²) in [7, 11) is -3.81. The Morgan fingerprint density at radius 2 is 1.32 bits per heavy atom. The molecule has 2 heterocycles. The first-order valence-corrected chi connectivity index (χ1v) is 26.1. The van der Waals surface area contributed by atoms with Gasteiger partial charge in [0, 0.05) is 81.0 Å². The highest BCUT2D eigenvalue weighted by molar-refractivity contribution is 7.89. The first-order valence-electron chi connectivity index (χ1n) is 24.7. The molecule has 5 aromatic rings. The van der Waals surface area contributed by atoms with Crippen LogP contribution in [-0.4, -0.2) is 144 Å². The second-order valence-corrected chi connectivity index (χ2v) is 19.2. The van der Waals surface area contributed by atoms with Crippen LogP contribution < -0.4 is 15.5 Å². The minimum absolute atomic E-state index is 0.00138. The number of benzene rings is 4. The number of halogens is 3. The van der Waals surface area contributed by atoms with Crippen molar-refractivity contribution < 1.29 is 64.8 Å². The molecule has 0 atom stereocenters. The molecule has 402 valence electrons. The van der Waals surface area contributed by atoms with Gasteiger partial charge in [-0.1, -0.05) is 24.3 Å². The van der Waals surface area contributed by atoms with E-state index in [1.165, 1.54) is 53.0 Å². The molecule has 0 saturated carbocycles. The van der Waals surface area contributed by atoms with Gasteiger partial charge in [-0.15, -0.1) is 0 Å². The number of piperazine rings is 1. The van der Waals surface area contributed by atoms with Gasteiger partial charge >= 0.3 is 12.1 Å². The quantitative estimate of drug-likeness (QED) is 0.0418. The first kappa shape index (κ1) is 57.5. The zero-order valence-corrected chi connectivity index (χ0v) is 42.8. The Morgan fingerprint density at radius 1 is 0.693 bits per heavy atom. The molecule has 0 spiro atoms. The second kappa shape index (κ2) is 28.2. The Labute approximate surface area is 435 Å². The number of anilines is 2. The number of carboxylic acid groups (broad SMARTS) is 1. The zero-order chi connectivity index (χ0) is 53.8. The number of aromatic carboxylic acids is 1. The standard InChI is InChI=1S/C54H63F3N6O11S/c1-3-61(4-2)45-15-18-48(47(37-45)49-36-43(19-21-58-49)51(65)59-38-40-9-6-12-44(35-40)54(55,56)57)60-52(66)42-11-5-8-39(34-42)10-7-26-71-28-30-73-32-33-74-31-29-72-27-20-50(64)62-22-24-63(25-23-62)75(69,70)46-16-13-41(14-17-46)53(67)68/h5-6,8-9,11-19,21,34-37H,3-4,7,10,20,22-33,38H2,1-2H3,(H,59,65)(H,60,66)(H,67,68). The highest BCUT2D eigenvalue weighted by Crippen LogP contribution is 2.33. The largest absolute Gasteiger partial charge is 0.478 e. The molecule has 1 aliphatic heterocycles. The predicted molar refractivity (Wildman–Crippen MR) is 275 cm³/mol. The smallest absolute Gasteiger partial charge is 0.416 e. The predicted octanol–water partition coefficient (Wildman–Crippen LogP) is 7.42. The van der Waals surface area contributed by atoms with E-state index in [0.29, 0.717) is 87.2 Å². The molecule has 21 heteroatoms. The van der Waals surface area contributed by atoms with Gasteiger partial charge in [0.15, 0.2) is 0 Å². The Bertz CT molecular complexity index is 2810. The Balaban J connectivity index is 0.851. The molecule has 0 unspecified atom stereocenters. The third-order valence-corrected chi connectivity index (χ3v) is 14.1. The van der Waals surface area contributed by atoms with Crippen LogP contribution in [0.15, 0.2) is 114 Å². The SMILES string of the molecule is CCN(CC)c1ccc(NC(=O)c2cccc(CCCOCCOCCOCCOCCC(=O)N3CCN(S(=O)(=O)c4ccc(C(=O)O)cc4)CC3)c2)c(-c2cc(C(=O)NCc3cccc(C(F)(F)F)c3)ccn2)c1. The van der Waals surface area contributed by atoms with Crippen LogP contribution in [-0.2, 0) is 52.9 Å². The molecule has 6 rings (SSSR count). The lowest BCUT2D eigenvalue weighted by Crippen LogP contribution is -2.50. The van der Waals surface area contributed by atoms with Crippen molar-refractivity contribution in [1.82, 2.24) is 19.5 Å². The summed E-state index contributed by atoms with van der Waals surface area (Å²) in [6.07, 6.45) is -1.50. The summed E-state index contributed by atoms with van der Waals surface area (Å²) in [5, 5.41) is 14.8. The fourth-order valence-electron chi connectivity index (χ4n) is 8.12. The number of alkyl halides is 3. The number of carboxylic acids is 1. The summed E-state index contributed by atoms with van der Waals surface area (Å²) in [5.74, 6) is -2.12.